The average Bonchev–Trinajstić information content (AvgIpc) is 3.94. The van der Waals surface area contributed by atoms with Crippen LogP contribution in [0.5, 0.6) is 0 Å². The fourth-order valence-corrected chi connectivity index (χ4v) is 10.3. The van der Waals surface area contributed by atoms with Crippen LogP contribution in [0, 0.1) is 13.8 Å². The first-order valence-corrected chi connectivity index (χ1v) is 23.2. The zero-order valence-electron chi connectivity index (χ0n) is 37.7. The largest absolute Gasteiger partial charge is 0.452 e. The van der Waals surface area contributed by atoms with Crippen molar-refractivity contribution in [2.75, 3.05) is 9.80 Å². The Kier molecular flexibility index (Phi) is 9.26. The number of benzene rings is 11. The number of rotatable bonds is 8. The molecule has 0 fully saturated rings. The lowest BCUT2D eigenvalue weighted by Gasteiger charge is -2.29. The molecule has 4 nitrogen and oxygen atoms in total. The molecule has 2 heterocycles. The lowest BCUT2D eigenvalue weighted by atomic mass is 10.00. The molecule has 0 spiro atoms. The number of nitrogens with zero attached hydrogens (tertiary/aromatic N) is 2. The van der Waals surface area contributed by atoms with Crippen LogP contribution in [-0.2, 0) is 0 Å². The molecule has 0 unspecified atom stereocenters. The lowest BCUT2D eigenvalue weighted by molar-refractivity contribution is 0.634. The highest BCUT2D eigenvalue weighted by atomic mass is 16.4. The second-order valence-corrected chi connectivity index (χ2v) is 17.8. The molecule has 13 aromatic rings. The summed E-state index contributed by atoms with van der Waals surface area (Å²) in [6.45, 7) is 4.36. The number of para-hydroxylation sites is 4. The second kappa shape index (κ2) is 15.9. The Morgan fingerprint density at radius 1 is 0.294 bits per heavy atom. The van der Waals surface area contributed by atoms with Crippen molar-refractivity contribution in [1.82, 2.24) is 0 Å². The molecule has 0 saturated carbocycles. The van der Waals surface area contributed by atoms with Gasteiger partial charge < -0.3 is 18.6 Å². The van der Waals surface area contributed by atoms with Crippen LogP contribution in [-0.4, -0.2) is 0 Å². The summed E-state index contributed by atoms with van der Waals surface area (Å²) in [5.74, 6) is 0. The molecule has 11 aromatic carbocycles. The van der Waals surface area contributed by atoms with Gasteiger partial charge in [-0.1, -0.05) is 146 Å². The van der Waals surface area contributed by atoms with E-state index >= 15 is 0 Å². The van der Waals surface area contributed by atoms with Gasteiger partial charge in [0.25, 0.3) is 0 Å². The third-order valence-corrected chi connectivity index (χ3v) is 13.6. The highest BCUT2D eigenvalue weighted by Crippen LogP contribution is 2.47. The van der Waals surface area contributed by atoms with E-state index in [0.717, 1.165) is 99.5 Å². The number of furan rings is 2. The van der Waals surface area contributed by atoms with Crippen LogP contribution >= 0.6 is 0 Å². The minimum absolute atomic E-state index is 0.760. The van der Waals surface area contributed by atoms with Gasteiger partial charge in [-0.15, -0.1) is 0 Å². The molecule has 2 aromatic heterocycles. The monoisotopic (exact) mass is 872 g/mol. The van der Waals surface area contributed by atoms with Gasteiger partial charge in [-0.3, -0.25) is 0 Å². The zero-order valence-corrected chi connectivity index (χ0v) is 37.7. The molecule has 322 valence electrons. The summed E-state index contributed by atoms with van der Waals surface area (Å²) in [4.78, 5) is 4.77. The normalized spacial score (nSPS) is 11.7. The molecule has 0 N–H and O–H groups in total. The van der Waals surface area contributed by atoms with Crippen molar-refractivity contribution in [3.8, 4) is 22.3 Å². The topological polar surface area (TPSA) is 32.8 Å². The van der Waals surface area contributed by atoms with Crippen LogP contribution in [0.15, 0.2) is 239 Å². The Morgan fingerprint density at radius 3 is 1.10 bits per heavy atom. The predicted molar refractivity (Wildman–Crippen MR) is 286 cm³/mol. The van der Waals surface area contributed by atoms with Crippen LogP contribution in [0.3, 0.4) is 0 Å². The van der Waals surface area contributed by atoms with Crippen LogP contribution in [0.1, 0.15) is 11.1 Å². The summed E-state index contributed by atoms with van der Waals surface area (Å²) >= 11 is 0. The van der Waals surface area contributed by atoms with E-state index in [1.165, 1.54) is 33.4 Å². The molecule has 0 aliphatic heterocycles. The summed E-state index contributed by atoms with van der Waals surface area (Å²) in [6.07, 6.45) is 0. The standard InChI is InChI=1S/C64H44N2O2/c1-41-17-9-13-25-57(41)65(59-27-15-11-23-51(59)43-19-5-3-6-20-43)49-31-29-45-37-55-53-33-34-54-56-38-46-30-32-50(36-48(46)40-62(56)68-64(54)63(53)67-61(55)39-47(45)35-49)66(58-26-14-10-18-42(58)2)60-28-16-12-24-52(60)44-21-7-4-8-22-44/h3-40H,1-2H3. The Labute approximate surface area is 394 Å². The van der Waals surface area contributed by atoms with Gasteiger partial charge >= 0.3 is 0 Å². The van der Waals surface area contributed by atoms with E-state index in [-0.39, 0.29) is 0 Å². The Morgan fingerprint density at radius 2 is 0.676 bits per heavy atom. The predicted octanol–water partition coefficient (Wildman–Crippen LogP) is 18.7. The van der Waals surface area contributed by atoms with E-state index in [1.807, 2.05) is 0 Å². The molecule has 0 radical (unpaired) electrons. The summed E-state index contributed by atoms with van der Waals surface area (Å²) in [6, 6.07) is 82.6. The molecule has 0 aliphatic rings. The first kappa shape index (κ1) is 39.5. The lowest BCUT2D eigenvalue weighted by Crippen LogP contribution is -2.12. The van der Waals surface area contributed by atoms with Gasteiger partial charge in [0.1, 0.15) is 11.2 Å². The first-order valence-electron chi connectivity index (χ1n) is 23.2. The first-order chi connectivity index (χ1) is 33.5. The van der Waals surface area contributed by atoms with Crippen molar-refractivity contribution in [1.29, 1.82) is 0 Å². The summed E-state index contributed by atoms with van der Waals surface area (Å²) in [7, 11) is 0. The zero-order chi connectivity index (χ0) is 45.3. The molecule has 68 heavy (non-hydrogen) atoms. The van der Waals surface area contributed by atoms with Crippen LogP contribution < -0.4 is 9.80 Å². The van der Waals surface area contributed by atoms with Gasteiger partial charge in [0.15, 0.2) is 11.2 Å². The SMILES string of the molecule is Cc1ccccc1N(c1ccc2cc3c(cc2c1)oc1c3ccc2c3cc4ccc(N(c5ccccc5C)c5ccccc5-c5ccccc5)cc4cc3oc21)c1ccccc1-c1ccccc1. The molecule has 0 atom stereocenters. The molecule has 4 heteroatoms. The van der Waals surface area contributed by atoms with Gasteiger partial charge in [0.2, 0.25) is 0 Å². The fraction of sp³-hybridized carbons (Fsp3) is 0.0312. The van der Waals surface area contributed by atoms with E-state index in [2.05, 4.69) is 254 Å². The van der Waals surface area contributed by atoms with Gasteiger partial charge in [-0.25, -0.2) is 0 Å². The third kappa shape index (κ3) is 6.52. The number of aryl methyl sites for hydroxylation is 2. The van der Waals surface area contributed by atoms with Gasteiger partial charge in [0, 0.05) is 55.4 Å². The molecule has 13 rings (SSSR count). The molecular formula is C64H44N2O2. The second-order valence-electron chi connectivity index (χ2n) is 17.8. The molecule has 0 bridgehead atoms. The van der Waals surface area contributed by atoms with Crippen molar-refractivity contribution in [2.24, 2.45) is 0 Å². The van der Waals surface area contributed by atoms with Gasteiger partial charge in [0.05, 0.1) is 11.4 Å². The maximum Gasteiger partial charge on any atom is 0.178 e. The number of fused-ring (bicyclic) bond motifs is 9. The maximum absolute atomic E-state index is 6.86. The highest BCUT2D eigenvalue weighted by molar-refractivity contribution is 6.21. The summed E-state index contributed by atoms with van der Waals surface area (Å²) < 4.78 is 13.7. The van der Waals surface area contributed by atoms with Crippen molar-refractivity contribution in [3.63, 3.8) is 0 Å². The smallest absolute Gasteiger partial charge is 0.178 e. The number of hydrogen-bond donors (Lipinski definition) is 0. The van der Waals surface area contributed by atoms with Crippen molar-refractivity contribution in [2.45, 2.75) is 13.8 Å². The van der Waals surface area contributed by atoms with E-state index in [0.29, 0.717) is 0 Å². The molecule has 0 amide bonds. The van der Waals surface area contributed by atoms with E-state index in [1.54, 1.807) is 0 Å². The quantitative estimate of drug-likeness (QED) is 0.152. The van der Waals surface area contributed by atoms with Crippen molar-refractivity contribution >= 4 is 99.5 Å². The van der Waals surface area contributed by atoms with Gasteiger partial charge in [-0.05, 0) is 143 Å². The Balaban J connectivity index is 0.932. The van der Waals surface area contributed by atoms with E-state index < -0.39 is 0 Å². The van der Waals surface area contributed by atoms with Crippen LogP contribution in [0.4, 0.5) is 34.1 Å². The highest BCUT2D eigenvalue weighted by Gasteiger charge is 2.23. The van der Waals surface area contributed by atoms with Crippen molar-refractivity contribution in [3.05, 3.63) is 242 Å². The van der Waals surface area contributed by atoms with Crippen LogP contribution in [0.25, 0.3) is 87.7 Å². The minimum atomic E-state index is 0.760. The molecular weight excluding hydrogens is 829 g/mol. The fourth-order valence-electron chi connectivity index (χ4n) is 10.3. The summed E-state index contributed by atoms with van der Waals surface area (Å²) in [5.41, 5.74) is 16.9. The number of hydrogen-bond acceptors (Lipinski definition) is 4. The summed E-state index contributed by atoms with van der Waals surface area (Å²) in [5, 5.41) is 8.68. The molecule has 0 saturated heterocycles. The minimum Gasteiger partial charge on any atom is -0.452 e. The number of anilines is 6. The van der Waals surface area contributed by atoms with E-state index in [4.69, 9.17) is 8.83 Å². The Bertz CT molecular complexity index is 3810. The Hall–Kier alpha value is -8.86. The van der Waals surface area contributed by atoms with Gasteiger partial charge in [-0.2, -0.15) is 0 Å². The molecule has 0 aliphatic carbocycles. The third-order valence-electron chi connectivity index (χ3n) is 13.6. The van der Waals surface area contributed by atoms with E-state index in [9.17, 15) is 0 Å². The average molecular weight is 873 g/mol. The van der Waals surface area contributed by atoms with Crippen LogP contribution in [0.2, 0.25) is 0 Å². The van der Waals surface area contributed by atoms with Crippen molar-refractivity contribution < 1.29 is 8.83 Å². The maximum atomic E-state index is 6.86.